The van der Waals surface area contributed by atoms with E-state index in [0.29, 0.717) is 5.82 Å². The quantitative estimate of drug-likeness (QED) is 0.423. The lowest BCUT2D eigenvalue weighted by atomic mass is 9.60. The van der Waals surface area contributed by atoms with Gasteiger partial charge in [0.25, 0.3) is 0 Å². The fraction of sp³-hybridized carbons (Fsp3) is 0.400. The Morgan fingerprint density at radius 2 is 2.09 bits per heavy atom. The highest BCUT2D eigenvalue weighted by Crippen LogP contribution is 2.06. The van der Waals surface area contributed by atoms with Crippen LogP contribution in [0, 0.1) is 0 Å². The van der Waals surface area contributed by atoms with E-state index in [1.807, 2.05) is 25.2 Å². The summed E-state index contributed by atoms with van der Waals surface area (Å²) in [5.74, 6) is 0.595. The van der Waals surface area contributed by atoms with Crippen molar-refractivity contribution in [2.45, 2.75) is 26.6 Å². The second-order valence-corrected chi connectivity index (χ2v) is 2.81. The van der Waals surface area contributed by atoms with Crippen LogP contribution in [0.5, 0.6) is 0 Å². The van der Waals surface area contributed by atoms with Gasteiger partial charge in [0.2, 0.25) is 0 Å². The van der Waals surface area contributed by atoms with Crippen LogP contribution in [0.25, 0.3) is 0 Å². The summed E-state index contributed by atoms with van der Waals surface area (Å²) in [6.07, 6.45) is 7.95. The van der Waals surface area contributed by atoms with Crippen molar-refractivity contribution in [3.8, 4) is 0 Å². The molecule has 0 aliphatic rings. The van der Waals surface area contributed by atoms with E-state index in [2.05, 4.69) is 33.8 Å². The molecule has 0 bridgehead atoms. The van der Waals surface area contributed by atoms with Gasteiger partial charge in [-0.05, 0) is 6.92 Å². The summed E-state index contributed by atoms with van der Waals surface area (Å²) in [4.78, 5) is 0. The summed E-state index contributed by atoms with van der Waals surface area (Å²) in [5.41, 5.74) is 1.23. The second-order valence-electron chi connectivity index (χ2n) is 2.81. The standard InChI is InChI=1S/C10H16B/c1-5-7-10(8-6-2)11-9(3)4/h5-9H,1H2,2-4H3/b8-6-,10-7+. The Hall–Kier alpha value is -0.715. The summed E-state index contributed by atoms with van der Waals surface area (Å²) < 4.78 is 0. The number of hydrogen-bond acceptors (Lipinski definition) is 0. The van der Waals surface area contributed by atoms with Crippen LogP contribution in [0.3, 0.4) is 0 Å². The molecule has 0 spiro atoms. The monoisotopic (exact) mass is 147 g/mol. The second kappa shape index (κ2) is 6.02. The Labute approximate surface area is 70.9 Å². The lowest BCUT2D eigenvalue weighted by Gasteiger charge is -2.01. The summed E-state index contributed by atoms with van der Waals surface area (Å²) in [6.45, 7) is 10.0. The van der Waals surface area contributed by atoms with Crippen LogP contribution in [-0.4, -0.2) is 7.28 Å². The molecule has 0 unspecified atom stereocenters. The van der Waals surface area contributed by atoms with Gasteiger partial charge < -0.3 is 0 Å². The van der Waals surface area contributed by atoms with E-state index < -0.39 is 0 Å². The fourth-order valence-electron chi connectivity index (χ4n) is 0.880. The predicted molar refractivity (Wildman–Crippen MR) is 53.9 cm³/mol. The molecule has 0 aromatic heterocycles. The zero-order valence-electron chi connectivity index (χ0n) is 7.67. The summed E-state index contributed by atoms with van der Waals surface area (Å²) in [5, 5.41) is 0. The van der Waals surface area contributed by atoms with Gasteiger partial charge in [0.15, 0.2) is 7.28 Å². The van der Waals surface area contributed by atoms with Gasteiger partial charge in [-0.2, -0.15) is 0 Å². The number of rotatable bonds is 4. The molecule has 1 heteroatoms. The van der Waals surface area contributed by atoms with Crippen molar-refractivity contribution in [3.05, 3.63) is 36.4 Å². The maximum atomic E-state index is 3.66. The number of hydrogen-bond donors (Lipinski definition) is 0. The minimum atomic E-state index is 0.595. The van der Waals surface area contributed by atoms with Crippen molar-refractivity contribution < 1.29 is 0 Å². The Morgan fingerprint density at radius 1 is 1.45 bits per heavy atom. The van der Waals surface area contributed by atoms with Gasteiger partial charge in [0, 0.05) is 0 Å². The van der Waals surface area contributed by atoms with E-state index in [0.717, 1.165) is 0 Å². The third-order valence-electron chi connectivity index (χ3n) is 1.20. The zero-order chi connectivity index (χ0) is 8.69. The SMILES string of the molecule is C=C/C=C([B]C(C)C)\C=C/C. The van der Waals surface area contributed by atoms with Crippen LogP contribution in [-0.2, 0) is 0 Å². The van der Waals surface area contributed by atoms with Gasteiger partial charge >= 0.3 is 0 Å². The van der Waals surface area contributed by atoms with E-state index in [1.165, 1.54) is 5.47 Å². The first kappa shape index (κ1) is 10.3. The largest absolute Gasteiger partial charge is 0.154 e. The van der Waals surface area contributed by atoms with E-state index >= 15 is 0 Å². The molecule has 0 saturated heterocycles. The first-order valence-corrected chi connectivity index (χ1v) is 4.01. The topological polar surface area (TPSA) is 0 Å². The maximum Gasteiger partial charge on any atom is 0.154 e. The number of allylic oxidation sites excluding steroid dienone is 5. The zero-order valence-corrected chi connectivity index (χ0v) is 7.67. The molecule has 0 rings (SSSR count). The Balaban J connectivity index is 4.11. The van der Waals surface area contributed by atoms with Crippen LogP contribution < -0.4 is 0 Å². The molecular weight excluding hydrogens is 131 g/mol. The summed E-state index contributed by atoms with van der Waals surface area (Å²) in [7, 11) is 2.21. The molecule has 0 aromatic rings. The highest BCUT2D eigenvalue weighted by Gasteiger charge is 1.98. The van der Waals surface area contributed by atoms with Crippen molar-refractivity contribution in [1.29, 1.82) is 0 Å². The van der Waals surface area contributed by atoms with E-state index in [1.54, 1.807) is 0 Å². The van der Waals surface area contributed by atoms with Crippen LogP contribution in [0.4, 0.5) is 0 Å². The molecule has 0 aromatic carbocycles. The van der Waals surface area contributed by atoms with Crippen molar-refractivity contribution in [1.82, 2.24) is 0 Å². The molecule has 0 amide bonds. The Morgan fingerprint density at radius 3 is 2.45 bits per heavy atom. The van der Waals surface area contributed by atoms with Gasteiger partial charge in [0.05, 0.1) is 0 Å². The minimum Gasteiger partial charge on any atom is -0.0991 e. The molecule has 59 valence electrons. The minimum absolute atomic E-state index is 0.595. The molecule has 0 aliphatic heterocycles. The predicted octanol–water partition coefficient (Wildman–Crippen LogP) is 3.16. The van der Waals surface area contributed by atoms with Crippen molar-refractivity contribution >= 4 is 7.28 Å². The molecule has 0 heterocycles. The van der Waals surface area contributed by atoms with Gasteiger partial charge in [-0.15, -0.1) is 0 Å². The average molecular weight is 147 g/mol. The lowest BCUT2D eigenvalue weighted by molar-refractivity contribution is 1.06. The summed E-state index contributed by atoms with van der Waals surface area (Å²) in [6, 6.07) is 0. The Kier molecular flexibility index (Phi) is 5.63. The smallest absolute Gasteiger partial charge is 0.0991 e. The first-order valence-electron chi connectivity index (χ1n) is 4.01. The maximum absolute atomic E-state index is 3.66. The van der Waals surface area contributed by atoms with Crippen molar-refractivity contribution in [2.24, 2.45) is 0 Å². The molecule has 1 radical (unpaired) electrons. The van der Waals surface area contributed by atoms with E-state index in [-0.39, 0.29) is 0 Å². The van der Waals surface area contributed by atoms with Gasteiger partial charge in [-0.1, -0.05) is 56.0 Å². The normalized spacial score (nSPS) is 12.5. The van der Waals surface area contributed by atoms with Crippen LogP contribution in [0.2, 0.25) is 5.82 Å². The highest BCUT2D eigenvalue weighted by atomic mass is 13.8. The van der Waals surface area contributed by atoms with E-state index in [9.17, 15) is 0 Å². The van der Waals surface area contributed by atoms with Gasteiger partial charge in [0.1, 0.15) is 0 Å². The molecular formula is C10H16B. The lowest BCUT2D eigenvalue weighted by Crippen LogP contribution is -1.97. The summed E-state index contributed by atoms with van der Waals surface area (Å²) >= 11 is 0. The first-order chi connectivity index (χ1) is 5.20. The third-order valence-corrected chi connectivity index (χ3v) is 1.20. The molecule has 0 aliphatic carbocycles. The van der Waals surface area contributed by atoms with Crippen LogP contribution >= 0.6 is 0 Å². The molecule has 0 fully saturated rings. The van der Waals surface area contributed by atoms with Gasteiger partial charge in [-0.25, -0.2) is 0 Å². The molecule has 0 atom stereocenters. The van der Waals surface area contributed by atoms with E-state index in [4.69, 9.17) is 0 Å². The Bertz CT molecular complexity index is 164. The molecule has 0 N–H and O–H groups in total. The van der Waals surface area contributed by atoms with Crippen LogP contribution in [0.15, 0.2) is 36.4 Å². The van der Waals surface area contributed by atoms with Gasteiger partial charge in [-0.3, -0.25) is 0 Å². The highest BCUT2D eigenvalue weighted by molar-refractivity contribution is 6.48. The van der Waals surface area contributed by atoms with Crippen molar-refractivity contribution in [3.63, 3.8) is 0 Å². The van der Waals surface area contributed by atoms with Crippen molar-refractivity contribution in [2.75, 3.05) is 0 Å². The molecule has 0 saturated carbocycles. The molecule has 11 heavy (non-hydrogen) atoms. The average Bonchev–Trinajstić information content (AvgIpc) is 1.87. The third kappa shape index (κ3) is 5.72. The molecule has 0 nitrogen and oxygen atoms in total. The fourth-order valence-corrected chi connectivity index (χ4v) is 0.880. The van der Waals surface area contributed by atoms with Crippen LogP contribution in [0.1, 0.15) is 20.8 Å².